The Balaban J connectivity index is -0.000000180. The van der Waals surface area contributed by atoms with Crippen LogP contribution in [-0.4, -0.2) is 125 Å². The topological polar surface area (TPSA) is 80.4 Å². The first kappa shape index (κ1) is 17.3. The van der Waals surface area contributed by atoms with Crippen LogP contribution in [0.15, 0.2) is 0 Å². The Labute approximate surface area is 137 Å². The monoisotopic (exact) mass is 185 g/mol. The summed E-state index contributed by atoms with van der Waals surface area (Å²) in [6, 6.07) is 0. The van der Waals surface area contributed by atoms with Crippen LogP contribution in [0, 0.1) is 10.1 Å². The normalized spacial score (nSPS) is 6.22. The second-order valence-electron chi connectivity index (χ2n) is 0.885. The summed E-state index contributed by atoms with van der Waals surface area (Å²) < 4.78 is 0. The Bertz CT molecular complexity index is 92.7. The second-order valence-corrected chi connectivity index (χ2v) is 0.885. The Morgan fingerprint density at radius 3 is 1.89 bits per heavy atom. The third-order valence-electron chi connectivity index (χ3n) is 0.264. The molecule has 44 valence electrons. The number of aliphatic carboxylic acids is 1. The van der Waals surface area contributed by atoms with Gasteiger partial charge < -0.3 is 5.11 Å². The van der Waals surface area contributed by atoms with Gasteiger partial charge in [-0.1, -0.05) is 0 Å². The van der Waals surface area contributed by atoms with Gasteiger partial charge in [0.2, 0.25) is 0 Å². The van der Waals surface area contributed by atoms with E-state index < -0.39 is 17.4 Å². The van der Waals surface area contributed by atoms with Crippen LogP contribution in [0.25, 0.3) is 0 Å². The van der Waals surface area contributed by atoms with Crippen molar-refractivity contribution in [3.8, 4) is 0 Å². The Kier molecular flexibility index (Phi) is 19.5. The summed E-state index contributed by atoms with van der Waals surface area (Å²) in [7, 11) is 0. The molecule has 0 amide bonds. The number of carboxylic acids is 1. The van der Waals surface area contributed by atoms with E-state index in [0.29, 0.717) is 0 Å². The molecule has 1 N–H and O–H groups in total. The van der Waals surface area contributed by atoms with Crippen LogP contribution in [0.4, 0.5) is 0 Å². The van der Waals surface area contributed by atoms with Gasteiger partial charge in [0.25, 0.3) is 6.54 Å². The first-order chi connectivity index (χ1) is 3.13. The molecule has 0 aliphatic carbocycles. The fraction of sp³-hybridized carbons (Fsp3) is 0.500. The van der Waals surface area contributed by atoms with Crippen LogP contribution >= 0.6 is 0 Å². The molecule has 0 unspecified atom stereocenters. The summed E-state index contributed by atoms with van der Waals surface area (Å²) in [4.78, 5) is 17.7. The van der Waals surface area contributed by atoms with Crippen molar-refractivity contribution in [3.05, 3.63) is 10.1 Å². The predicted octanol–water partition coefficient (Wildman–Crippen LogP) is -1.95. The van der Waals surface area contributed by atoms with Crippen molar-refractivity contribution in [2.24, 2.45) is 0 Å². The van der Waals surface area contributed by atoms with Crippen molar-refractivity contribution in [3.63, 3.8) is 0 Å². The van der Waals surface area contributed by atoms with Crippen molar-refractivity contribution < 1.29 is 14.8 Å². The van der Waals surface area contributed by atoms with Gasteiger partial charge >= 0.3 is 109 Å². The van der Waals surface area contributed by atoms with Gasteiger partial charge in [-0.25, -0.2) is 4.79 Å². The van der Waals surface area contributed by atoms with E-state index in [9.17, 15) is 14.9 Å². The van der Waals surface area contributed by atoms with Gasteiger partial charge in [-0.15, -0.1) is 0 Å². The number of hydrogen-bond acceptors (Lipinski definition) is 3. The first-order valence-electron chi connectivity index (χ1n) is 1.46. The Hall–Kier alpha value is 2.14. The van der Waals surface area contributed by atoms with Crippen molar-refractivity contribution >= 4 is 109 Å². The molecule has 0 spiro atoms. The molecule has 0 heterocycles. The van der Waals surface area contributed by atoms with Crippen molar-refractivity contribution in [1.82, 2.24) is 0 Å². The van der Waals surface area contributed by atoms with Crippen molar-refractivity contribution in [1.29, 1.82) is 0 Å². The molecular formula is C2H5K2NO4. The average Bonchev–Trinajstić information content (AvgIpc) is 1.27. The van der Waals surface area contributed by atoms with E-state index in [4.69, 9.17) is 5.11 Å². The Morgan fingerprint density at radius 1 is 1.56 bits per heavy atom. The minimum atomic E-state index is -1.41. The molecule has 0 saturated carbocycles. The van der Waals surface area contributed by atoms with Gasteiger partial charge in [0, 0.05) is 4.92 Å². The maximum absolute atomic E-state index is 9.37. The molecule has 0 aliphatic heterocycles. The number of hydrogen-bond donors (Lipinski definition) is 1. The molecule has 0 saturated heterocycles. The van der Waals surface area contributed by atoms with Crippen LogP contribution in [0.3, 0.4) is 0 Å². The van der Waals surface area contributed by atoms with E-state index in [2.05, 4.69) is 0 Å². The van der Waals surface area contributed by atoms with Gasteiger partial charge in [0.1, 0.15) is 0 Å². The minimum absolute atomic E-state index is 0. The zero-order valence-corrected chi connectivity index (χ0v) is 3.33. The summed E-state index contributed by atoms with van der Waals surface area (Å²) >= 11 is 0. The molecule has 0 aromatic rings. The van der Waals surface area contributed by atoms with Gasteiger partial charge in [0.15, 0.2) is 0 Å². The van der Waals surface area contributed by atoms with Gasteiger partial charge in [-0.2, -0.15) is 0 Å². The van der Waals surface area contributed by atoms with Crippen LogP contribution in [0.1, 0.15) is 0 Å². The van der Waals surface area contributed by atoms with Gasteiger partial charge in [0.05, 0.1) is 0 Å². The molecule has 0 aliphatic rings. The van der Waals surface area contributed by atoms with E-state index in [0.717, 1.165) is 0 Å². The molecule has 0 radical (unpaired) electrons. The molecule has 0 rings (SSSR count). The molecular weight excluding hydrogens is 180 g/mol. The molecule has 7 heteroatoms. The molecule has 0 bridgehead atoms. The van der Waals surface area contributed by atoms with Crippen LogP contribution < -0.4 is 0 Å². The van der Waals surface area contributed by atoms with Crippen LogP contribution in [0.2, 0.25) is 0 Å². The molecule has 9 heavy (non-hydrogen) atoms. The second kappa shape index (κ2) is 10.1. The molecule has 0 aromatic heterocycles. The van der Waals surface area contributed by atoms with Crippen molar-refractivity contribution in [2.75, 3.05) is 6.54 Å². The maximum atomic E-state index is 9.37. The van der Waals surface area contributed by atoms with E-state index in [-0.39, 0.29) is 103 Å². The standard InChI is InChI=1S/C2H3NO4.2K.2H/c4-2(5)1-3(6)7;;;;/h1H2,(H,4,5);;;;. The summed E-state index contributed by atoms with van der Waals surface area (Å²) in [5.41, 5.74) is 0. The first-order valence-corrected chi connectivity index (χ1v) is 1.46. The number of carbonyl (C=O) groups is 1. The van der Waals surface area contributed by atoms with Crippen LogP contribution in [0.5, 0.6) is 0 Å². The zero-order chi connectivity index (χ0) is 5.86. The number of rotatable bonds is 2. The summed E-state index contributed by atoms with van der Waals surface area (Å²) in [6.07, 6.45) is 0. The molecule has 0 fully saturated rings. The number of nitrogens with zero attached hydrogens (tertiary/aromatic N) is 1. The number of nitro groups is 1. The fourth-order valence-electron chi connectivity index (χ4n) is 0.110. The fourth-order valence-corrected chi connectivity index (χ4v) is 0.110. The van der Waals surface area contributed by atoms with Crippen molar-refractivity contribution in [2.45, 2.75) is 0 Å². The van der Waals surface area contributed by atoms with Gasteiger partial charge in [-0.05, 0) is 0 Å². The predicted molar refractivity (Wildman–Crippen MR) is 33.8 cm³/mol. The number of carboxylic acid groups (broad SMARTS) is 1. The van der Waals surface area contributed by atoms with E-state index in [1.165, 1.54) is 0 Å². The van der Waals surface area contributed by atoms with E-state index >= 15 is 0 Å². The Morgan fingerprint density at radius 2 is 1.89 bits per heavy atom. The zero-order valence-electron chi connectivity index (χ0n) is 3.33. The van der Waals surface area contributed by atoms with Crippen LogP contribution in [-0.2, 0) is 4.79 Å². The van der Waals surface area contributed by atoms with E-state index in [1.807, 2.05) is 0 Å². The quantitative estimate of drug-likeness (QED) is 0.308. The third-order valence-corrected chi connectivity index (χ3v) is 0.264. The van der Waals surface area contributed by atoms with Gasteiger partial charge in [-0.3, -0.25) is 10.1 Å². The summed E-state index contributed by atoms with van der Waals surface area (Å²) in [5.74, 6) is -1.41. The summed E-state index contributed by atoms with van der Waals surface area (Å²) in [6.45, 7) is -1.00. The molecule has 5 nitrogen and oxygen atoms in total. The summed E-state index contributed by atoms with van der Waals surface area (Å²) in [5, 5.41) is 16.9. The van der Waals surface area contributed by atoms with E-state index in [1.54, 1.807) is 0 Å². The molecule has 0 aromatic carbocycles. The molecule has 0 atom stereocenters. The SMILES string of the molecule is O=C(O)C[N+](=O)[O-].[KH].[KH]. The average molecular weight is 185 g/mol. The third kappa shape index (κ3) is 17.8.